The van der Waals surface area contributed by atoms with Crippen molar-refractivity contribution in [3.05, 3.63) is 24.3 Å². The number of ether oxygens (including phenoxy) is 1. The summed E-state index contributed by atoms with van der Waals surface area (Å²) in [4.78, 5) is 8.78. The summed E-state index contributed by atoms with van der Waals surface area (Å²) in [6.45, 7) is 5.51. The lowest BCUT2D eigenvalue weighted by Crippen LogP contribution is -2.49. The van der Waals surface area contributed by atoms with E-state index < -0.39 is 0 Å². The quantitative estimate of drug-likeness (QED) is 0.826. The van der Waals surface area contributed by atoms with E-state index in [0.29, 0.717) is 18.3 Å². The first-order valence-electron chi connectivity index (χ1n) is 6.93. The van der Waals surface area contributed by atoms with Crippen molar-refractivity contribution in [3.63, 3.8) is 0 Å². The Morgan fingerprint density at radius 2 is 1.90 bits per heavy atom. The van der Waals surface area contributed by atoms with E-state index in [2.05, 4.69) is 14.8 Å². The van der Waals surface area contributed by atoms with Crippen LogP contribution in [0.2, 0.25) is 0 Å². The van der Waals surface area contributed by atoms with Crippen LogP contribution < -0.4 is 10.6 Å². The first-order chi connectivity index (χ1) is 9.70. The molecule has 0 radical (unpaired) electrons. The molecule has 0 spiro atoms. The smallest absolute Gasteiger partial charge is 0.282 e. The Labute approximate surface area is 118 Å². The Balaban J connectivity index is 1.48. The zero-order valence-corrected chi connectivity index (χ0v) is 11.4. The molecule has 0 bridgehead atoms. The Morgan fingerprint density at radius 1 is 1.20 bits per heavy atom. The zero-order chi connectivity index (χ0) is 13.9. The molecule has 1 fully saturated rings. The minimum absolute atomic E-state index is 0.107. The number of benzene rings is 1. The molecule has 108 valence electrons. The van der Waals surface area contributed by atoms with Crippen LogP contribution in [-0.2, 0) is 4.74 Å². The molecule has 1 aromatic carbocycles. The molecule has 0 aliphatic carbocycles. The number of nitrogens with zero attached hydrogens (tertiary/aromatic N) is 3. The van der Waals surface area contributed by atoms with Gasteiger partial charge in [0.05, 0.1) is 6.54 Å². The highest BCUT2D eigenvalue weighted by Crippen LogP contribution is 2.20. The van der Waals surface area contributed by atoms with Crippen LogP contribution in [-0.4, -0.2) is 61.4 Å². The molecule has 0 aromatic heterocycles. The van der Waals surface area contributed by atoms with Gasteiger partial charge in [0.1, 0.15) is 11.9 Å². The maximum absolute atomic E-state index is 9.32. The van der Waals surface area contributed by atoms with Crippen LogP contribution in [0.1, 0.15) is 0 Å². The molecule has 2 heterocycles. The lowest BCUT2D eigenvalue weighted by atomic mass is 10.2. The number of anilines is 1. The van der Waals surface area contributed by atoms with Gasteiger partial charge in [0, 0.05) is 38.4 Å². The molecule has 6 nitrogen and oxygen atoms in total. The minimum Gasteiger partial charge on any atom is -0.508 e. The van der Waals surface area contributed by atoms with E-state index in [1.807, 2.05) is 12.1 Å². The second-order valence-corrected chi connectivity index (χ2v) is 5.22. The van der Waals surface area contributed by atoms with Gasteiger partial charge in [0.25, 0.3) is 6.02 Å². The van der Waals surface area contributed by atoms with Crippen molar-refractivity contribution in [2.75, 3.05) is 44.2 Å². The molecule has 0 amide bonds. The molecule has 1 saturated heterocycles. The molecule has 2 aliphatic rings. The van der Waals surface area contributed by atoms with E-state index >= 15 is 0 Å². The molecule has 3 rings (SSSR count). The molecule has 6 heteroatoms. The fraction of sp³-hybridized carbons (Fsp3) is 0.500. The fourth-order valence-electron chi connectivity index (χ4n) is 2.67. The summed E-state index contributed by atoms with van der Waals surface area (Å²) in [6.07, 6.45) is 0.107. The van der Waals surface area contributed by atoms with Crippen LogP contribution in [0.4, 0.5) is 5.69 Å². The molecular weight excluding hydrogens is 256 g/mol. The summed E-state index contributed by atoms with van der Waals surface area (Å²) < 4.78 is 5.43. The van der Waals surface area contributed by atoms with E-state index in [4.69, 9.17) is 10.5 Å². The van der Waals surface area contributed by atoms with Crippen molar-refractivity contribution in [2.45, 2.75) is 6.10 Å². The third kappa shape index (κ3) is 2.96. The molecule has 2 aliphatic heterocycles. The second-order valence-electron chi connectivity index (χ2n) is 5.22. The lowest BCUT2D eigenvalue weighted by molar-refractivity contribution is 0.139. The van der Waals surface area contributed by atoms with Gasteiger partial charge < -0.3 is 20.5 Å². The number of phenolic OH excluding ortho intramolecular Hbond substituents is 1. The average molecular weight is 276 g/mol. The van der Waals surface area contributed by atoms with Crippen LogP contribution in [0.25, 0.3) is 0 Å². The number of piperazine rings is 1. The second kappa shape index (κ2) is 5.58. The monoisotopic (exact) mass is 276 g/mol. The number of amidine groups is 1. The highest BCUT2D eigenvalue weighted by atomic mass is 16.5. The van der Waals surface area contributed by atoms with Gasteiger partial charge >= 0.3 is 0 Å². The Hall–Kier alpha value is -1.95. The van der Waals surface area contributed by atoms with Crippen molar-refractivity contribution in [3.8, 4) is 5.75 Å². The van der Waals surface area contributed by atoms with Crippen LogP contribution in [0.3, 0.4) is 0 Å². The standard InChI is InChI=1S/C14H20N4O2/c15-14-16-9-13(20-14)10-17-5-7-18(8-6-17)11-1-3-12(19)4-2-11/h1-4,13,19H,5-10H2,(H2,15,16). The van der Waals surface area contributed by atoms with Gasteiger partial charge in [-0.3, -0.25) is 4.90 Å². The first-order valence-corrected chi connectivity index (χ1v) is 6.93. The molecule has 20 heavy (non-hydrogen) atoms. The number of phenols is 1. The molecule has 0 saturated carbocycles. The maximum atomic E-state index is 9.32. The van der Waals surface area contributed by atoms with E-state index in [1.54, 1.807) is 12.1 Å². The molecule has 1 unspecified atom stereocenters. The normalized spacial score (nSPS) is 23.5. The molecule has 1 aromatic rings. The van der Waals surface area contributed by atoms with Crippen LogP contribution in [0.15, 0.2) is 29.3 Å². The largest absolute Gasteiger partial charge is 0.508 e. The minimum atomic E-state index is 0.107. The van der Waals surface area contributed by atoms with Crippen LogP contribution >= 0.6 is 0 Å². The third-order valence-corrected chi connectivity index (χ3v) is 3.79. The number of aromatic hydroxyl groups is 1. The summed E-state index contributed by atoms with van der Waals surface area (Å²) in [5.74, 6) is 0.309. The summed E-state index contributed by atoms with van der Waals surface area (Å²) in [7, 11) is 0. The first kappa shape index (κ1) is 13.1. The Morgan fingerprint density at radius 3 is 2.50 bits per heavy atom. The molecular formula is C14H20N4O2. The average Bonchev–Trinajstić information content (AvgIpc) is 2.86. The zero-order valence-electron chi connectivity index (χ0n) is 11.4. The molecule has 1 atom stereocenters. The van der Waals surface area contributed by atoms with E-state index in [1.165, 1.54) is 0 Å². The highest BCUT2D eigenvalue weighted by Gasteiger charge is 2.24. The number of hydrogen-bond donors (Lipinski definition) is 2. The summed E-state index contributed by atoms with van der Waals surface area (Å²) in [5.41, 5.74) is 6.68. The van der Waals surface area contributed by atoms with Crippen molar-refractivity contribution < 1.29 is 9.84 Å². The summed E-state index contributed by atoms with van der Waals surface area (Å²) >= 11 is 0. The van der Waals surface area contributed by atoms with Crippen LogP contribution in [0.5, 0.6) is 5.75 Å². The third-order valence-electron chi connectivity index (χ3n) is 3.79. The number of rotatable bonds is 3. The van der Waals surface area contributed by atoms with Crippen molar-refractivity contribution in [1.29, 1.82) is 0 Å². The van der Waals surface area contributed by atoms with Gasteiger partial charge in [-0.1, -0.05) is 0 Å². The summed E-state index contributed by atoms with van der Waals surface area (Å²) in [5, 5.41) is 9.32. The molecule has 3 N–H and O–H groups in total. The van der Waals surface area contributed by atoms with Crippen molar-refractivity contribution in [2.24, 2.45) is 10.7 Å². The van der Waals surface area contributed by atoms with Crippen molar-refractivity contribution >= 4 is 11.7 Å². The summed E-state index contributed by atoms with van der Waals surface area (Å²) in [6, 6.07) is 7.69. The van der Waals surface area contributed by atoms with Crippen LogP contribution in [0, 0.1) is 0 Å². The number of aliphatic imine (C=N–C) groups is 1. The van der Waals surface area contributed by atoms with Gasteiger partial charge in [-0.15, -0.1) is 0 Å². The van der Waals surface area contributed by atoms with E-state index in [9.17, 15) is 5.11 Å². The number of hydrogen-bond acceptors (Lipinski definition) is 6. The van der Waals surface area contributed by atoms with E-state index in [0.717, 1.165) is 38.4 Å². The fourth-order valence-corrected chi connectivity index (χ4v) is 2.67. The van der Waals surface area contributed by atoms with Crippen molar-refractivity contribution in [1.82, 2.24) is 4.90 Å². The van der Waals surface area contributed by atoms with Gasteiger partial charge in [-0.2, -0.15) is 0 Å². The highest BCUT2D eigenvalue weighted by molar-refractivity contribution is 5.73. The van der Waals surface area contributed by atoms with Gasteiger partial charge in [-0.25, -0.2) is 4.99 Å². The van der Waals surface area contributed by atoms with E-state index in [-0.39, 0.29) is 6.10 Å². The van der Waals surface area contributed by atoms with Gasteiger partial charge in [0.15, 0.2) is 0 Å². The SMILES string of the molecule is NC1=NCC(CN2CCN(c3ccc(O)cc3)CC2)O1. The Bertz CT molecular complexity index is 480. The lowest BCUT2D eigenvalue weighted by Gasteiger charge is -2.36. The maximum Gasteiger partial charge on any atom is 0.282 e. The Kier molecular flexibility index (Phi) is 3.64. The van der Waals surface area contributed by atoms with Gasteiger partial charge in [-0.05, 0) is 24.3 Å². The predicted molar refractivity (Wildman–Crippen MR) is 78.1 cm³/mol. The predicted octanol–water partition coefficient (Wildman–Crippen LogP) is 0.228. The number of nitrogens with two attached hydrogens (primary N) is 1. The van der Waals surface area contributed by atoms with Gasteiger partial charge in [0.2, 0.25) is 0 Å². The topological polar surface area (TPSA) is 74.3 Å².